The molecule has 1 N–H and O–H groups in total. The molecule has 1 heterocycles. The van der Waals surface area contributed by atoms with Crippen LogP contribution in [0.15, 0.2) is 48.7 Å². The molecule has 0 aliphatic rings. The number of carbonyl (C=O) groups excluding carboxylic acids is 1. The summed E-state index contributed by atoms with van der Waals surface area (Å²) in [7, 11) is 0. The number of H-pyrrole nitrogens is 1. The van der Waals surface area contributed by atoms with Gasteiger partial charge in [-0.15, -0.1) is 0 Å². The summed E-state index contributed by atoms with van der Waals surface area (Å²) in [4.78, 5) is 15.3. The lowest BCUT2D eigenvalue weighted by molar-refractivity contribution is 0.104. The molecule has 1 aromatic heterocycles. The Morgan fingerprint density at radius 1 is 1.11 bits per heavy atom. The Kier molecular flexibility index (Phi) is 3.10. The van der Waals surface area contributed by atoms with Crippen molar-refractivity contribution >= 4 is 39.3 Å². The van der Waals surface area contributed by atoms with Crippen molar-refractivity contribution in [1.82, 2.24) is 4.98 Å². The zero-order valence-electron chi connectivity index (χ0n) is 9.78. The van der Waals surface area contributed by atoms with E-state index in [1.54, 1.807) is 24.4 Å². The zero-order valence-corrected chi connectivity index (χ0v) is 11.9. The molecule has 0 radical (unpaired) electrons. The summed E-state index contributed by atoms with van der Waals surface area (Å²) in [5.74, 6) is -0.378. The van der Waals surface area contributed by atoms with Crippen LogP contribution in [0.4, 0.5) is 4.39 Å². The molecule has 0 unspecified atom stereocenters. The van der Waals surface area contributed by atoms with Gasteiger partial charge in [-0.1, -0.05) is 0 Å². The van der Waals surface area contributed by atoms with Gasteiger partial charge in [-0.25, -0.2) is 4.39 Å². The maximum Gasteiger partial charge on any atom is 0.195 e. The highest BCUT2D eigenvalue weighted by atomic mass is 127. The monoisotopic (exact) mass is 365 g/mol. The molecule has 4 heteroatoms. The highest BCUT2D eigenvalue weighted by Gasteiger charge is 2.14. The summed E-state index contributed by atoms with van der Waals surface area (Å²) < 4.78 is 14.2. The minimum atomic E-state index is -0.317. The van der Waals surface area contributed by atoms with E-state index >= 15 is 0 Å². The minimum Gasteiger partial charge on any atom is -0.360 e. The molecule has 0 amide bonds. The first kappa shape index (κ1) is 12.3. The molecule has 0 aliphatic heterocycles. The number of nitrogens with one attached hydrogen (secondary N) is 1. The second-order valence-corrected chi connectivity index (χ2v) is 5.47. The van der Waals surface area contributed by atoms with Crippen LogP contribution in [-0.2, 0) is 0 Å². The van der Waals surface area contributed by atoms with Crippen LogP contribution in [0.5, 0.6) is 0 Å². The van der Waals surface area contributed by atoms with Gasteiger partial charge in [0, 0.05) is 31.8 Å². The lowest BCUT2D eigenvalue weighted by Gasteiger charge is -2.00. The highest BCUT2D eigenvalue weighted by molar-refractivity contribution is 14.1. The standard InChI is InChI=1S/C15H9FINO/c16-10-3-6-12-13(8-18-14(12)7-10)15(19)9-1-4-11(17)5-2-9/h1-8,18H. The molecule has 2 nitrogen and oxygen atoms in total. The topological polar surface area (TPSA) is 32.9 Å². The maximum atomic E-state index is 13.1. The Hall–Kier alpha value is -1.69. The van der Waals surface area contributed by atoms with Gasteiger partial charge in [0.2, 0.25) is 0 Å². The number of benzene rings is 2. The van der Waals surface area contributed by atoms with E-state index in [9.17, 15) is 9.18 Å². The van der Waals surface area contributed by atoms with E-state index in [2.05, 4.69) is 27.6 Å². The molecular weight excluding hydrogens is 356 g/mol. The molecule has 0 saturated heterocycles. The van der Waals surface area contributed by atoms with Gasteiger partial charge in [0.25, 0.3) is 0 Å². The van der Waals surface area contributed by atoms with Gasteiger partial charge in [-0.3, -0.25) is 4.79 Å². The molecule has 3 rings (SSSR count). The average molecular weight is 365 g/mol. The Balaban J connectivity index is 2.09. The fourth-order valence-electron chi connectivity index (χ4n) is 2.04. The maximum absolute atomic E-state index is 13.1. The molecular formula is C15H9FINO. The van der Waals surface area contributed by atoms with Gasteiger partial charge in [0.15, 0.2) is 5.78 Å². The Labute approximate surface area is 122 Å². The number of hydrogen-bond acceptors (Lipinski definition) is 1. The fraction of sp³-hybridized carbons (Fsp3) is 0. The van der Waals surface area contributed by atoms with E-state index in [0.717, 1.165) is 8.96 Å². The van der Waals surface area contributed by atoms with Gasteiger partial charge in [-0.05, 0) is 65.1 Å². The third-order valence-electron chi connectivity index (χ3n) is 2.99. The van der Waals surface area contributed by atoms with Crippen LogP contribution < -0.4 is 0 Å². The predicted octanol–water partition coefficient (Wildman–Crippen LogP) is 4.14. The summed E-state index contributed by atoms with van der Waals surface area (Å²) in [5, 5.41) is 0.741. The normalized spacial score (nSPS) is 10.8. The Morgan fingerprint density at radius 3 is 2.58 bits per heavy atom. The van der Waals surface area contributed by atoms with E-state index in [1.165, 1.54) is 12.1 Å². The van der Waals surface area contributed by atoms with Gasteiger partial charge >= 0.3 is 0 Å². The molecule has 94 valence electrons. The summed E-state index contributed by atoms with van der Waals surface area (Å²) >= 11 is 2.19. The van der Waals surface area contributed by atoms with E-state index in [-0.39, 0.29) is 11.6 Å². The lowest BCUT2D eigenvalue weighted by Crippen LogP contribution is -2.00. The molecule has 19 heavy (non-hydrogen) atoms. The number of rotatable bonds is 2. The first-order valence-corrected chi connectivity index (χ1v) is 6.80. The van der Waals surface area contributed by atoms with Gasteiger partial charge in [0.1, 0.15) is 5.82 Å². The molecule has 3 aromatic rings. The predicted molar refractivity (Wildman–Crippen MR) is 80.8 cm³/mol. The molecule has 0 aliphatic carbocycles. The summed E-state index contributed by atoms with van der Waals surface area (Å²) in [5.41, 5.74) is 1.83. The third kappa shape index (κ3) is 2.28. The molecule has 0 spiro atoms. The van der Waals surface area contributed by atoms with E-state index < -0.39 is 0 Å². The van der Waals surface area contributed by atoms with Gasteiger partial charge in [0.05, 0.1) is 0 Å². The van der Waals surface area contributed by atoms with E-state index in [1.807, 2.05) is 12.1 Å². The number of aromatic nitrogens is 1. The van der Waals surface area contributed by atoms with E-state index in [0.29, 0.717) is 16.6 Å². The average Bonchev–Trinajstić information content (AvgIpc) is 2.81. The van der Waals surface area contributed by atoms with Crippen molar-refractivity contribution in [3.8, 4) is 0 Å². The summed E-state index contributed by atoms with van der Waals surface area (Å²) in [6, 6.07) is 11.8. The van der Waals surface area contributed by atoms with Crippen molar-refractivity contribution in [1.29, 1.82) is 0 Å². The second kappa shape index (κ2) is 4.77. The van der Waals surface area contributed by atoms with Crippen molar-refractivity contribution in [3.63, 3.8) is 0 Å². The molecule has 0 saturated carbocycles. The smallest absolute Gasteiger partial charge is 0.195 e. The Bertz CT molecular complexity index is 761. The van der Waals surface area contributed by atoms with Crippen LogP contribution in [0.2, 0.25) is 0 Å². The van der Waals surface area contributed by atoms with E-state index in [4.69, 9.17) is 0 Å². The molecule has 0 atom stereocenters. The quantitative estimate of drug-likeness (QED) is 0.537. The molecule has 0 bridgehead atoms. The van der Waals surface area contributed by atoms with Crippen LogP contribution >= 0.6 is 22.6 Å². The van der Waals surface area contributed by atoms with Crippen molar-refractivity contribution in [2.75, 3.05) is 0 Å². The number of fused-ring (bicyclic) bond motifs is 1. The van der Waals surface area contributed by atoms with Crippen molar-refractivity contribution in [3.05, 3.63) is 69.2 Å². The second-order valence-electron chi connectivity index (χ2n) is 4.23. The van der Waals surface area contributed by atoms with Crippen LogP contribution in [-0.4, -0.2) is 10.8 Å². The highest BCUT2D eigenvalue weighted by Crippen LogP contribution is 2.22. The summed E-state index contributed by atoms with van der Waals surface area (Å²) in [6.45, 7) is 0. The number of ketones is 1. The van der Waals surface area contributed by atoms with Crippen LogP contribution in [0.1, 0.15) is 15.9 Å². The SMILES string of the molecule is O=C(c1ccc(I)cc1)c1c[nH]c2cc(F)ccc12. The van der Waals surface area contributed by atoms with Crippen molar-refractivity contribution in [2.24, 2.45) is 0 Å². The first-order valence-electron chi connectivity index (χ1n) is 5.72. The lowest BCUT2D eigenvalue weighted by atomic mass is 10.0. The number of halogens is 2. The van der Waals surface area contributed by atoms with Crippen LogP contribution in [0.3, 0.4) is 0 Å². The van der Waals surface area contributed by atoms with Crippen molar-refractivity contribution in [2.45, 2.75) is 0 Å². The molecule has 0 fully saturated rings. The van der Waals surface area contributed by atoms with Gasteiger partial charge in [-0.2, -0.15) is 0 Å². The zero-order chi connectivity index (χ0) is 13.4. The summed E-state index contributed by atoms with van der Waals surface area (Å²) in [6.07, 6.45) is 1.63. The fourth-order valence-corrected chi connectivity index (χ4v) is 2.40. The minimum absolute atomic E-state index is 0.0609. The third-order valence-corrected chi connectivity index (χ3v) is 3.71. The molecule has 2 aromatic carbocycles. The number of aromatic amines is 1. The largest absolute Gasteiger partial charge is 0.360 e. The number of carbonyl (C=O) groups is 1. The Morgan fingerprint density at radius 2 is 1.84 bits per heavy atom. The van der Waals surface area contributed by atoms with Crippen molar-refractivity contribution < 1.29 is 9.18 Å². The van der Waals surface area contributed by atoms with Gasteiger partial charge < -0.3 is 4.98 Å². The number of hydrogen-bond donors (Lipinski definition) is 1. The first-order chi connectivity index (χ1) is 9.15. The van der Waals surface area contributed by atoms with Crippen LogP contribution in [0.25, 0.3) is 10.9 Å². The van der Waals surface area contributed by atoms with Crippen LogP contribution in [0, 0.1) is 9.39 Å².